The van der Waals surface area contributed by atoms with Crippen LogP contribution in [0.15, 0.2) is 5.70 Å². The van der Waals surface area contributed by atoms with Gasteiger partial charge in [-0.05, 0) is 19.4 Å². The molecule has 0 bridgehead atoms. The highest BCUT2D eigenvalue weighted by atomic mass is 14.8. The second-order valence-electron chi connectivity index (χ2n) is 1.33. The minimum absolute atomic E-state index is 1.05. The van der Waals surface area contributed by atoms with Crippen molar-refractivity contribution in [3.8, 4) is 0 Å². The summed E-state index contributed by atoms with van der Waals surface area (Å²) in [5.74, 6) is 0. The van der Waals surface area contributed by atoms with Crippen LogP contribution < -0.4 is 5.32 Å². The fraction of sp³-hybridized carbons (Fsp3) is 0.667. The lowest BCUT2D eigenvalue weighted by Gasteiger charge is -1.97. The highest BCUT2D eigenvalue weighted by Crippen LogP contribution is 1.89. The molecule has 7 heavy (non-hydrogen) atoms. The first-order chi connectivity index (χ1) is 3.35. The van der Waals surface area contributed by atoms with Crippen LogP contribution in [0.2, 0.25) is 0 Å². The number of hydrogen-bond acceptors (Lipinski definition) is 1. The van der Waals surface area contributed by atoms with Gasteiger partial charge in [0.15, 0.2) is 0 Å². The highest BCUT2D eigenvalue weighted by Gasteiger charge is 1.80. The molecule has 0 atom stereocenters. The molecule has 41 valence electrons. The SMILES string of the molecule is C/[C]=C(\CC)NC. The van der Waals surface area contributed by atoms with Crippen molar-refractivity contribution in [1.82, 2.24) is 5.32 Å². The summed E-state index contributed by atoms with van der Waals surface area (Å²) in [6.07, 6.45) is 4.06. The van der Waals surface area contributed by atoms with Gasteiger partial charge in [-0.15, -0.1) is 0 Å². The molecule has 0 unspecified atom stereocenters. The van der Waals surface area contributed by atoms with Crippen molar-refractivity contribution in [3.05, 3.63) is 11.8 Å². The van der Waals surface area contributed by atoms with Gasteiger partial charge in [0.25, 0.3) is 0 Å². The number of hydrogen-bond donors (Lipinski definition) is 1. The van der Waals surface area contributed by atoms with E-state index >= 15 is 0 Å². The summed E-state index contributed by atoms with van der Waals surface area (Å²) in [5, 5.41) is 3.01. The summed E-state index contributed by atoms with van der Waals surface area (Å²) in [4.78, 5) is 0. The van der Waals surface area contributed by atoms with Gasteiger partial charge < -0.3 is 5.32 Å². The van der Waals surface area contributed by atoms with Gasteiger partial charge in [-0.2, -0.15) is 0 Å². The quantitative estimate of drug-likeness (QED) is 0.549. The lowest BCUT2D eigenvalue weighted by Crippen LogP contribution is -2.03. The zero-order valence-electron chi connectivity index (χ0n) is 5.21. The van der Waals surface area contributed by atoms with Crippen LogP contribution in [0.3, 0.4) is 0 Å². The molecule has 1 radical (unpaired) electrons. The third-order valence-corrected chi connectivity index (χ3v) is 0.957. The Morgan fingerprint density at radius 3 is 2.29 bits per heavy atom. The van der Waals surface area contributed by atoms with E-state index in [1.165, 1.54) is 5.70 Å². The van der Waals surface area contributed by atoms with Crippen LogP contribution in [-0.4, -0.2) is 7.05 Å². The Morgan fingerprint density at radius 2 is 2.29 bits per heavy atom. The molecule has 0 heterocycles. The van der Waals surface area contributed by atoms with E-state index in [0.717, 1.165) is 6.42 Å². The zero-order chi connectivity index (χ0) is 5.70. The molecule has 0 saturated carbocycles. The van der Waals surface area contributed by atoms with Crippen molar-refractivity contribution in [2.45, 2.75) is 20.3 Å². The monoisotopic (exact) mass is 98.1 g/mol. The standard InChI is InChI=1S/C6H12N/c1-4-6(5-2)7-3/h7H,4H2,1-3H3. The Labute approximate surface area is 45.4 Å². The fourth-order valence-corrected chi connectivity index (χ4v) is 0.479. The molecule has 0 amide bonds. The normalized spacial score (nSPS) is 11.6. The van der Waals surface area contributed by atoms with Crippen molar-refractivity contribution in [1.29, 1.82) is 0 Å². The molecule has 0 aliphatic rings. The second kappa shape index (κ2) is 3.72. The number of nitrogens with one attached hydrogen (secondary N) is 1. The van der Waals surface area contributed by atoms with E-state index in [4.69, 9.17) is 0 Å². The molecule has 0 aliphatic heterocycles. The van der Waals surface area contributed by atoms with Gasteiger partial charge >= 0.3 is 0 Å². The van der Waals surface area contributed by atoms with E-state index in [0.29, 0.717) is 0 Å². The Bertz CT molecular complexity index is 58.6. The summed E-state index contributed by atoms with van der Waals surface area (Å²) in [5.41, 5.74) is 1.18. The maximum atomic E-state index is 3.01. The van der Waals surface area contributed by atoms with Crippen LogP contribution in [0.1, 0.15) is 20.3 Å². The molecule has 0 aromatic carbocycles. The third-order valence-electron chi connectivity index (χ3n) is 0.957. The molecular weight excluding hydrogens is 86.1 g/mol. The van der Waals surface area contributed by atoms with Gasteiger partial charge in [0.05, 0.1) is 0 Å². The maximum Gasteiger partial charge on any atom is 0.0134 e. The summed E-state index contributed by atoms with van der Waals surface area (Å²) < 4.78 is 0. The first kappa shape index (κ1) is 6.54. The molecule has 0 spiro atoms. The predicted molar refractivity (Wildman–Crippen MR) is 31.8 cm³/mol. The Morgan fingerprint density at radius 1 is 1.71 bits per heavy atom. The average molecular weight is 98.2 g/mol. The first-order valence-electron chi connectivity index (χ1n) is 2.56. The molecule has 0 fully saturated rings. The summed E-state index contributed by atoms with van der Waals surface area (Å²) in [6, 6.07) is 0. The molecule has 1 nitrogen and oxygen atoms in total. The van der Waals surface area contributed by atoms with Gasteiger partial charge in [-0.25, -0.2) is 0 Å². The van der Waals surface area contributed by atoms with E-state index < -0.39 is 0 Å². The molecule has 1 N–H and O–H groups in total. The average Bonchev–Trinajstić information content (AvgIpc) is 1.72. The molecule has 0 aliphatic carbocycles. The van der Waals surface area contributed by atoms with E-state index in [9.17, 15) is 0 Å². The topological polar surface area (TPSA) is 12.0 Å². The smallest absolute Gasteiger partial charge is 0.0134 e. The number of allylic oxidation sites excluding steroid dienone is 2. The van der Waals surface area contributed by atoms with Crippen molar-refractivity contribution < 1.29 is 0 Å². The lowest BCUT2D eigenvalue weighted by atomic mass is 10.3. The van der Waals surface area contributed by atoms with Crippen LogP contribution in [0, 0.1) is 6.08 Å². The molecule has 0 saturated heterocycles. The maximum absolute atomic E-state index is 3.01. The van der Waals surface area contributed by atoms with Crippen LogP contribution in [0.4, 0.5) is 0 Å². The Kier molecular flexibility index (Phi) is 3.48. The van der Waals surface area contributed by atoms with E-state index in [1.807, 2.05) is 14.0 Å². The largest absolute Gasteiger partial charge is 0.391 e. The summed E-state index contributed by atoms with van der Waals surface area (Å²) in [7, 11) is 1.91. The van der Waals surface area contributed by atoms with E-state index in [1.54, 1.807) is 0 Å². The van der Waals surface area contributed by atoms with Crippen LogP contribution in [0.25, 0.3) is 0 Å². The minimum atomic E-state index is 1.05. The lowest BCUT2D eigenvalue weighted by molar-refractivity contribution is 0.888. The summed E-state index contributed by atoms with van der Waals surface area (Å²) >= 11 is 0. The summed E-state index contributed by atoms with van der Waals surface area (Å²) in [6.45, 7) is 4.01. The second-order valence-corrected chi connectivity index (χ2v) is 1.33. The zero-order valence-corrected chi connectivity index (χ0v) is 5.21. The van der Waals surface area contributed by atoms with Gasteiger partial charge in [-0.1, -0.05) is 6.92 Å². The van der Waals surface area contributed by atoms with Crippen LogP contribution >= 0.6 is 0 Å². The van der Waals surface area contributed by atoms with Crippen molar-refractivity contribution in [2.75, 3.05) is 7.05 Å². The van der Waals surface area contributed by atoms with Crippen molar-refractivity contribution in [3.63, 3.8) is 0 Å². The molecular formula is C6H12N. The van der Waals surface area contributed by atoms with Crippen LogP contribution in [0.5, 0.6) is 0 Å². The van der Waals surface area contributed by atoms with Gasteiger partial charge in [-0.3, -0.25) is 0 Å². The first-order valence-corrected chi connectivity index (χ1v) is 2.56. The Hall–Kier alpha value is -0.460. The molecule has 0 aromatic rings. The van der Waals surface area contributed by atoms with Gasteiger partial charge in [0, 0.05) is 12.7 Å². The molecule has 0 aromatic heterocycles. The van der Waals surface area contributed by atoms with Crippen molar-refractivity contribution in [2.24, 2.45) is 0 Å². The third kappa shape index (κ3) is 2.26. The molecule has 0 rings (SSSR count). The van der Waals surface area contributed by atoms with Gasteiger partial charge in [0.1, 0.15) is 0 Å². The van der Waals surface area contributed by atoms with E-state index in [-0.39, 0.29) is 0 Å². The fourth-order valence-electron chi connectivity index (χ4n) is 0.479. The van der Waals surface area contributed by atoms with Crippen molar-refractivity contribution >= 4 is 0 Å². The van der Waals surface area contributed by atoms with E-state index in [2.05, 4.69) is 18.3 Å². The van der Waals surface area contributed by atoms with Gasteiger partial charge in [0.2, 0.25) is 0 Å². The number of rotatable bonds is 2. The highest BCUT2D eigenvalue weighted by molar-refractivity contribution is 4.88. The van der Waals surface area contributed by atoms with Crippen LogP contribution in [-0.2, 0) is 0 Å². The Balaban J connectivity index is 3.38. The minimum Gasteiger partial charge on any atom is -0.391 e. The predicted octanol–water partition coefficient (Wildman–Crippen LogP) is 1.32. The molecule has 1 heteroatoms.